The van der Waals surface area contributed by atoms with Crippen molar-refractivity contribution in [2.75, 3.05) is 26.7 Å². The molecule has 28 heavy (non-hydrogen) atoms. The van der Waals surface area contributed by atoms with Gasteiger partial charge in [0.15, 0.2) is 17.5 Å². The minimum atomic E-state index is -0.167. The highest BCUT2D eigenvalue weighted by molar-refractivity contribution is 14.0. The van der Waals surface area contributed by atoms with Crippen LogP contribution in [0.4, 0.5) is 0 Å². The Balaban J connectivity index is 0.00000280. The van der Waals surface area contributed by atoms with E-state index in [0.29, 0.717) is 13.2 Å². The Morgan fingerprint density at radius 2 is 2.00 bits per heavy atom. The maximum atomic E-state index is 6.03. The van der Waals surface area contributed by atoms with Gasteiger partial charge in [0.25, 0.3) is 0 Å². The zero-order chi connectivity index (χ0) is 19.1. The third-order valence-electron chi connectivity index (χ3n) is 4.33. The summed E-state index contributed by atoms with van der Waals surface area (Å²) in [6, 6.07) is 12.0. The van der Waals surface area contributed by atoms with Gasteiger partial charge in [-0.25, -0.2) is 0 Å². The van der Waals surface area contributed by atoms with Crippen LogP contribution in [-0.4, -0.2) is 43.3 Å². The number of nitrogens with zero attached hydrogens (tertiary/aromatic N) is 2. The maximum Gasteiger partial charge on any atom is 0.191 e. The predicted molar refractivity (Wildman–Crippen MR) is 123 cm³/mol. The molecule has 1 aromatic carbocycles. The fraction of sp³-hybridized carbons (Fsp3) is 0.429. The second-order valence-electron chi connectivity index (χ2n) is 7.13. The lowest BCUT2D eigenvalue weighted by molar-refractivity contribution is 0.132. The first-order valence-corrected chi connectivity index (χ1v) is 9.35. The molecule has 0 fully saturated rings. The highest BCUT2D eigenvalue weighted by Gasteiger charge is 2.32. The molecule has 152 valence electrons. The summed E-state index contributed by atoms with van der Waals surface area (Å²) in [6.45, 7) is 6.14. The molecule has 0 amide bonds. The summed E-state index contributed by atoms with van der Waals surface area (Å²) in [7, 11) is 1.76. The van der Waals surface area contributed by atoms with Crippen LogP contribution in [0.1, 0.15) is 25.1 Å². The van der Waals surface area contributed by atoms with Crippen molar-refractivity contribution in [2.24, 2.45) is 4.99 Å². The van der Waals surface area contributed by atoms with Gasteiger partial charge in [-0.1, -0.05) is 18.2 Å². The normalized spacial score (nSPS) is 14.5. The number of hydrogen-bond acceptors (Lipinski definition) is 4. The summed E-state index contributed by atoms with van der Waals surface area (Å²) in [6.07, 6.45) is 3.57. The number of aromatic nitrogens is 1. The average Bonchev–Trinajstić information content (AvgIpc) is 2.99. The largest absolute Gasteiger partial charge is 0.488 e. The van der Waals surface area contributed by atoms with Crippen LogP contribution in [0.25, 0.3) is 0 Å². The van der Waals surface area contributed by atoms with Crippen LogP contribution in [0.15, 0.2) is 47.6 Å². The molecule has 0 atom stereocenters. The summed E-state index contributed by atoms with van der Waals surface area (Å²) in [5, 5.41) is 6.55. The van der Waals surface area contributed by atoms with E-state index in [-0.39, 0.29) is 29.6 Å². The summed E-state index contributed by atoms with van der Waals surface area (Å²) >= 11 is 0. The van der Waals surface area contributed by atoms with Crippen molar-refractivity contribution in [1.82, 2.24) is 15.6 Å². The van der Waals surface area contributed by atoms with Gasteiger partial charge < -0.3 is 20.1 Å². The van der Waals surface area contributed by atoms with Crippen LogP contribution >= 0.6 is 24.0 Å². The molecule has 2 N–H and O–H groups in total. The SMILES string of the molecule is CN=C(NCCOc1cccc2c1OC(C)(C)C2)NCCc1ccccn1.I. The van der Waals surface area contributed by atoms with E-state index in [4.69, 9.17) is 9.47 Å². The van der Waals surface area contributed by atoms with E-state index in [1.165, 1.54) is 5.56 Å². The molecule has 0 spiro atoms. The maximum absolute atomic E-state index is 6.03. The molecule has 6 nitrogen and oxygen atoms in total. The summed E-state index contributed by atoms with van der Waals surface area (Å²) in [4.78, 5) is 8.55. The minimum absolute atomic E-state index is 0. The fourth-order valence-corrected chi connectivity index (χ4v) is 3.11. The smallest absolute Gasteiger partial charge is 0.191 e. The molecule has 7 heteroatoms. The van der Waals surface area contributed by atoms with Gasteiger partial charge in [0, 0.05) is 43.9 Å². The Bertz CT molecular complexity index is 781. The molecule has 1 aliphatic rings. The number of pyridine rings is 1. The topological polar surface area (TPSA) is 67.8 Å². The van der Waals surface area contributed by atoms with Gasteiger partial charge in [-0.15, -0.1) is 24.0 Å². The fourth-order valence-electron chi connectivity index (χ4n) is 3.11. The number of ether oxygens (including phenoxy) is 2. The Morgan fingerprint density at radius 3 is 2.75 bits per heavy atom. The van der Waals surface area contributed by atoms with Crippen molar-refractivity contribution in [3.63, 3.8) is 0 Å². The Labute approximate surface area is 184 Å². The number of rotatable bonds is 7. The molecule has 0 saturated carbocycles. The van der Waals surface area contributed by atoms with Gasteiger partial charge in [0.05, 0.1) is 6.54 Å². The van der Waals surface area contributed by atoms with E-state index in [1.54, 1.807) is 7.05 Å². The molecule has 0 bridgehead atoms. The number of guanidine groups is 1. The third kappa shape index (κ3) is 6.25. The van der Waals surface area contributed by atoms with E-state index in [1.807, 2.05) is 36.5 Å². The lowest BCUT2D eigenvalue weighted by Crippen LogP contribution is -2.40. The zero-order valence-corrected chi connectivity index (χ0v) is 19.0. The van der Waals surface area contributed by atoms with E-state index in [0.717, 1.165) is 42.5 Å². The van der Waals surface area contributed by atoms with Gasteiger partial charge in [0.1, 0.15) is 12.2 Å². The molecular weight excluding hydrogens is 467 g/mol. The zero-order valence-electron chi connectivity index (χ0n) is 16.7. The van der Waals surface area contributed by atoms with Gasteiger partial charge >= 0.3 is 0 Å². The highest BCUT2D eigenvalue weighted by Crippen LogP contribution is 2.41. The molecule has 2 aromatic rings. The number of hydrogen-bond donors (Lipinski definition) is 2. The Morgan fingerprint density at radius 1 is 1.18 bits per heavy atom. The summed E-state index contributed by atoms with van der Waals surface area (Å²) in [5.41, 5.74) is 2.10. The quantitative estimate of drug-likeness (QED) is 0.267. The monoisotopic (exact) mass is 496 g/mol. The van der Waals surface area contributed by atoms with Crippen molar-refractivity contribution in [1.29, 1.82) is 0 Å². The highest BCUT2D eigenvalue weighted by atomic mass is 127. The average molecular weight is 496 g/mol. The van der Waals surface area contributed by atoms with Crippen LogP contribution in [0.5, 0.6) is 11.5 Å². The standard InChI is InChI=1S/C21H28N4O2.HI/c1-21(2)15-16-7-6-9-18(19(16)27-21)26-14-13-25-20(22-3)24-12-10-17-8-4-5-11-23-17;/h4-9,11H,10,12-15H2,1-3H3,(H2,22,24,25);1H. The van der Waals surface area contributed by atoms with Crippen LogP contribution in [0.2, 0.25) is 0 Å². The third-order valence-corrected chi connectivity index (χ3v) is 4.33. The lowest BCUT2D eigenvalue weighted by atomic mass is 10.0. The molecule has 0 saturated heterocycles. The molecule has 3 rings (SSSR count). The minimum Gasteiger partial charge on any atom is -0.488 e. The molecule has 0 unspecified atom stereocenters. The van der Waals surface area contributed by atoms with Gasteiger partial charge in [-0.3, -0.25) is 9.98 Å². The van der Waals surface area contributed by atoms with E-state index >= 15 is 0 Å². The van der Waals surface area contributed by atoms with Crippen molar-refractivity contribution >= 4 is 29.9 Å². The van der Waals surface area contributed by atoms with Crippen molar-refractivity contribution < 1.29 is 9.47 Å². The molecule has 0 aliphatic carbocycles. The second kappa shape index (κ2) is 10.5. The lowest BCUT2D eigenvalue weighted by Gasteiger charge is -2.18. The first-order chi connectivity index (χ1) is 13.1. The van der Waals surface area contributed by atoms with Crippen LogP contribution in [-0.2, 0) is 12.8 Å². The van der Waals surface area contributed by atoms with Crippen molar-refractivity contribution in [3.05, 3.63) is 53.9 Å². The molecule has 1 aromatic heterocycles. The van der Waals surface area contributed by atoms with Gasteiger partial charge in [-0.2, -0.15) is 0 Å². The summed E-state index contributed by atoms with van der Waals surface area (Å²) < 4.78 is 12.0. The molecule has 1 aliphatic heterocycles. The van der Waals surface area contributed by atoms with Crippen molar-refractivity contribution in [3.8, 4) is 11.5 Å². The number of nitrogens with one attached hydrogen (secondary N) is 2. The van der Waals surface area contributed by atoms with Gasteiger partial charge in [0.2, 0.25) is 0 Å². The van der Waals surface area contributed by atoms with E-state index in [2.05, 4.69) is 40.5 Å². The van der Waals surface area contributed by atoms with Crippen molar-refractivity contribution in [2.45, 2.75) is 32.3 Å². The van der Waals surface area contributed by atoms with E-state index in [9.17, 15) is 0 Å². The van der Waals surface area contributed by atoms with Crippen LogP contribution in [0, 0.1) is 0 Å². The van der Waals surface area contributed by atoms with Gasteiger partial charge in [-0.05, 0) is 32.0 Å². The number of aliphatic imine (C=N–C) groups is 1. The predicted octanol–water partition coefficient (Wildman–Crippen LogP) is 3.20. The second-order valence-corrected chi connectivity index (χ2v) is 7.13. The number of fused-ring (bicyclic) bond motifs is 1. The first kappa shape index (κ1) is 22.3. The number of para-hydroxylation sites is 1. The molecular formula is C21H29IN4O2. The van der Waals surface area contributed by atoms with Crippen LogP contribution < -0.4 is 20.1 Å². The Hall–Kier alpha value is -2.03. The molecule has 0 radical (unpaired) electrons. The first-order valence-electron chi connectivity index (χ1n) is 9.35. The number of halogens is 1. The van der Waals surface area contributed by atoms with E-state index < -0.39 is 0 Å². The Kier molecular flexibility index (Phi) is 8.35. The summed E-state index contributed by atoms with van der Waals surface area (Å²) in [5.74, 6) is 2.43. The van der Waals surface area contributed by atoms with Crippen LogP contribution in [0.3, 0.4) is 0 Å². The number of benzene rings is 1. The molecule has 2 heterocycles.